The second kappa shape index (κ2) is 31.5. The predicted molar refractivity (Wildman–Crippen MR) is 183 cm³/mol. The monoisotopic (exact) mass is 627 g/mol. The van der Waals surface area contributed by atoms with Crippen molar-refractivity contribution in [2.45, 2.75) is 186 Å². The van der Waals surface area contributed by atoms with Gasteiger partial charge < -0.3 is 24.4 Å². The minimum Gasteiger partial charge on any atom is -0.389 e. The quantitative estimate of drug-likeness (QED) is 0.0429. The number of unbranched alkanes of at least 4 members (excludes halogenated alkanes) is 23. The van der Waals surface area contributed by atoms with E-state index in [9.17, 15) is 9.90 Å². The molecule has 1 fully saturated rings. The minimum atomic E-state index is -1.23. The molecule has 0 radical (unpaired) electrons. The number of hydrogen-bond donors (Lipinski definition) is 2. The van der Waals surface area contributed by atoms with Crippen molar-refractivity contribution < 1.29 is 23.5 Å². The average molecular weight is 628 g/mol. The molecule has 1 aliphatic rings. The number of carbonyl (C=O) groups excluding carboxylic acids is 1. The van der Waals surface area contributed by atoms with Gasteiger partial charge in [-0.05, 0) is 25.7 Å². The summed E-state index contributed by atoms with van der Waals surface area (Å²) in [6.45, 7) is 3.99. The van der Waals surface area contributed by atoms with Gasteiger partial charge in [-0.1, -0.05) is 160 Å². The van der Waals surface area contributed by atoms with Crippen molar-refractivity contribution in [1.82, 2.24) is 0 Å². The number of allylic oxidation sites excluding steroid dienone is 1. The Hall–Kier alpha value is -0.520. The van der Waals surface area contributed by atoms with E-state index in [0.717, 1.165) is 32.1 Å². The van der Waals surface area contributed by atoms with Gasteiger partial charge in [0, 0.05) is 12.3 Å². The van der Waals surface area contributed by atoms with Crippen LogP contribution in [0.5, 0.6) is 0 Å². The lowest BCUT2D eigenvalue weighted by Crippen LogP contribution is -2.22. The van der Waals surface area contributed by atoms with Crippen molar-refractivity contribution in [1.29, 1.82) is 0 Å². The van der Waals surface area contributed by atoms with Gasteiger partial charge in [0.1, 0.15) is 0 Å². The molecule has 1 rings (SSSR count). The number of carbonyl (C=O) groups is 1. The largest absolute Gasteiger partial charge is 0.389 e. The molecule has 1 saturated heterocycles. The number of amides is 1. The second-order valence-electron chi connectivity index (χ2n) is 12.8. The first kappa shape index (κ1) is 40.5. The van der Waals surface area contributed by atoms with Crippen molar-refractivity contribution in [2.75, 3.05) is 19.8 Å². The van der Waals surface area contributed by atoms with Crippen molar-refractivity contribution in [3.63, 3.8) is 0 Å². The summed E-state index contributed by atoms with van der Waals surface area (Å²) >= 11 is 0. The van der Waals surface area contributed by atoms with E-state index in [1.807, 2.05) is 6.08 Å². The third kappa shape index (κ3) is 27.5. The first-order valence-electron chi connectivity index (χ1n) is 18.5. The Bertz CT molecular complexity index is 629. The van der Waals surface area contributed by atoms with Gasteiger partial charge in [0.25, 0.3) is 0 Å². The Morgan fingerprint density at radius 3 is 1.65 bits per heavy atom. The summed E-state index contributed by atoms with van der Waals surface area (Å²) in [5.41, 5.74) is 5.18. The maximum absolute atomic E-state index is 10.9. The second-order valence-corrected chi connectivity index (χ2v) is 14.0. The molecule has 254 valence electrons. The molecular formula is C36H70NO5P. The highest BCUT2D eigenvalue weighted by atomic mass is 31.2. The Morgan fingerprint density at radius 2 is 1.16 bits per heavy atom. The summed E-state index contributed by atoms with van der Waals surface area (Å²) in [5.74, 6) is -0.0753. The molecule has 1 amide bonds. The van der Waals surface area contributed by atoms with Crippen LogP contribution in [-0.4, -0.2) is 36.9 Å². The fourth-order valence-corrected chi connectivity index (χ4v) is 6.80. The van der Waals surface area contributed by atoms with Gasteiger partial charge in [-0.15, -0.1) is 0 Å². The SMILES string of the molecule is CCCCCCCCCCCCCC=C[C@@H](O)[C@@H](CCCCCCCCCCCCCCCC(N)=O)COP1OCCO1. The minimum absolute atomic E-state index is 0.0969. The summed E-state index contributed by atoms with van der Waals surface area (Å²) in [4.78, 5) is 10.8. The molecule has 1 heterocycles. The lowest BCUT2D eigenvalue weighted by Gasteiger charge is -2.21. The Kier molecular flexibility index (Phi) is 29.6. The first-order valence-corrected chi connectivity index (χ1v) is 19.5. The third-order valence-corrected chi connectivity index (χ3v) is 9.81. The molecule has 0 spiro atoms. The molecule has 1 aliphatic heterocycles. The van der Waals surface area contributed by atoms with E-state index in [2.05, 4.69) is 13.0 Å². The molecule has 2 atom stereocenters. The van der Waals surface area contributed by atoms with Gasteiger partial charge in [0.2, 0.25) is 5.91 Å². The van der Waals surface area contributed by atoms with Crippen LogP contribution in [0.3, 0.4) is 0 Å². The molecule has 0 aromatic rings. The van der Waals surface area contributed by atoms with Crippen LogP contribution in [-0.2, 0) is 18.4 Å². The molecule has 0 aromatic heterocycles. The number of nitrogens with two attached hydrogens (primary N) is 1. The van der Waals surface area contributed by atoms with Crippen LogP contribution < -0.4 is 5.73 Å². The van der Waals surface area contributed by atoms with Crippen molar-refractivity contribution >= 4 is 14.5 Å². The smallest absolute Gasteiger partial charge is 0.332 e. The molecular weight excluding hydrogens is 557 g/mol. The van der Waals surface area contributed by atoms with Crippen LogP contribution in [0.25, 0.3) is 0 Å². The zero-order valence-electron chi connectivity index (χ0n) is 28.1. The van der Waals surface area contributed by atoms with E-state index < -0.39 is 14.7 Å². The molecule has 0 saturated carbocycles. The number of aliphatic hydroxyl groups is 1. The average Bonchev–Trinajstić information content (AvgIpc) is 3.52. The van der Waals surface area contributed by atoms with E-state index >= 15 is 0 Å². The summed E-state index contributed by atoms with van der Waals surface area (Å²) in [6.07, 6.45) is 37.4. The first-order chi connectivity index (χ1) is 21.1. The fourth-order valence-electron chi connectivity index (χ4n) is 5.81. The Morgan fingerprint density at radius 1 is 0.721 bits per heavy atom. The van der Waals surface area contributed by atoms with E-state index in [0.29, 0.717) is 26.2 Å². The molecule has 6 nitrogen and oxygen atoms in total. The van der Waals surface area contributed by atoms with Gasteiger partial charge in [0.15, 0.2) is 0 Å². The van der Waals surface area contributed by atoms with Crippen LogP contribution in [0.1, 0.15) is 180 Å². The highest BCUT2D eigenvalue weighted by Crippen LogP contribution is 2.44. The lowest BCUT2D eigenvalue weighted by molar-refractivity contribution is -0.118. The van der Waals surface area contributed by atoms with Crippen LogP contribution >= 0.6 is 8.60 Å². The summed E-state index contributed by atoms with van der Waals surface area (Å²) in [5, 5.41) is 10.9. The molecule has 0 unspecified atom stereocenters. The van der Waals surface area contributed by atoms with Crippen LogP contribution in [0, 0.1) is 5.92 Å². The summed E-state index contributed by atoms with van der Waals surface area (Å²) < 4.78 is 16.9. The fraction of sp³-hybridized carbons (Fsp3) is 0.917. The number of primary amides is 1. The van der Waals surface area contributed by atoms with E-state index in [1.54, 1.807) is 0 Å². The van der Waals surface area contributed by atoms with Crippen molar-refractivity contribution in [3.05, 3.63) is 12.2 Å². The lowest BCUT2D eigenvalue weighted by atomic mass is 9.95. The van der Waals surface area contributed by atoms with E-state index in [4.69, 9.17) is 19.3 Å². The molecule has 0 bridgehead atoms. The predicted octanol–water partition coefficient (Wildman–Crippen LogP) is 10.8. The number of rotatable bonds is 33. The Labute approximate surface area is 267 Å². The maximum Gasteiger partial charge on any atom is 0.332 e. The van der Waals surface area contributed by atoms with Gasteiger partial charge in [-0.3, -0.25) is 4.79 Å². The molecule has 7 heteroatoms. The highest BCUT2D eigenvalue weighted by Gasteiger charge is 2.23. The standard InChI is InChI=1S/C36H70NO5P/c1-2-3-4-5-6-7-8-10-14-17-20-23-26-29-35(38)34(33-42-43-40-31-32-41-43)28-25-22-19-16-13-11-9-12-15-18-21-24-27-30-36(37)39/h26,29,34-35,38H,2-25,27-28,30-33H2,1H3,(H2,37,39)/t34-,35+/m0/s1. The van der Waals surface area contributed by atoms with Crippen LogP contribution in [0.4, 0.5) is 0 Å². The van der Waals surface area contributed by atoms with Crippen molar-refractivity contribution in [3.8, 4) is 0 Å². The van der Waals surface area contributed by atoms with Crippen molar-refractivity contribution in [2.24, 2.45) is 11.7 Å². The van der Waals surface area contributed by atoms with Gasteiger partial charge in [-0.25, -0.2) is 0 Å². The summed E-state index contributed by atoms with van der Waals surface area (Å²) in [7, 11) is -1.23. The van der Waals surface area contributed by atoms with Crippen LogP contribution in [0.2, 0.25) is 0 Å². The zero-order valence-corrected chi connectivity index (χ0v) is 29.0. The van der Waals surface area contributed by atoms with E-state index in [1.165, 1.54) is 135 Å². The topological polar surface area (TPSA) is 91.0 Å². The molecule has 3 N–H and O–H groups in total. The molecule has 43 heavy (non-hydrogen) atoms. The Balaban J connectivity index is 2.08. The van der Waals surface area contributed by atoms with Gasteiger partial charge in [0.05, 0.1) is 25.9 Å². The normalized spacial score (nSPS) is 15.5. The van der Waals surface area contributed by atoms with Gasteiger partial charge in [-0.2, -0.15) is 0 Å². The van der Waals surface area contributed by atoms with Crippen LogP contribution in [0.15, 0.2) is 12.2 Å². The van der Waals surface area contributed by atoms with E-state index in [-0.39, 0.29) is 11.8 Å². The maximum atomic E-state index is 10.9. The molecule has 0 aromatic carbocycles. The third-order valence-electron chi connectivity index (χ3n) is 8.66. The number of aliphatic hydroxyl groups excluding tert-OH is 1. The number of hydrogen-bond acceptors (Lipinski definition) is 5. The molecule has 0 aliphatic carbocycles. The van der Waals surface area contributed by atoms with Gasteiger partial charge >= 0.3 is 8.60 Å². The highest BCUT2D eigenvalue weighted by molar-refractivity contribution is 7.41. The zero-order chi connectivity index (χ0) is 31.1. The summed E-state index contributed by atoms with van der Waals surface area (Å²) in [6, 6.07) is 0.